The first-order valence-electron chi connectivity index (χ1n) is 14.1. The van der Waals surface area contributed by atoms with Gasteiger partial charge in [0.2, 0.25) is 17.7 Å². The lowest BCUT2D eigenvalue weighted by Crippen LogP contribution is -2.57. The highest BCUT2D eigenvalue weighted by molar-refractivity contribution is 5.94. The van der Waals surface area contributed by atoms with Crippen molar-refractivity contribution in [2.45, 2.75) is 96.9 Å². The van der Waals surface area contributed by atoms with Crippen LogP contribution in [0.15, 0.2) is 4.99 Å². The molecule has 0 radical (unpaired) electrons. The number of piperidine rings is 2. The summed E-state index contributed by atoms with van der Waals surface area (Å²) in [6.07, 6.45) is 5.30. The van der Waals surface area contributed by atoms with Crippen molar-refractivity contribution < 1.29 is 23.9 Å². The Morgan fingerprint density at radius 3 is 2.53 bits per heavy atom. The van der Waals surface area contributed by atoms with Gasteiger partial charge < -0.3 is 25.6 Å². The van der Waals surface area contributed by atoms with E-state index in [2.05, 4.69) is 34.8 Å². The maximum absolute atomic E-state index is 13.9. The molecule has 1 saturated carbocycles. The van der Waals surface area contributed by atoms with Crippen LogP contribution in [-0.4, -0.2) is 78.8 Å². The zero-order valence-corrected chi connectivity index (χ0v) is 23.7. The highest BCUT2D eigenvalue weighted by atomic mass is 16.6. The van der Waals surface area contributed by atoms with E-state index in [9.17, 15) is 19.2 Å². The van der Waals surface area contributed by atoms with Crippen LogP contribution in [0.2, 0.25) is 0 Å². The van der Waals surface area contributed by atoms with Gasteiger partial charge in [0.25, 0.3) is 0 Å². The molecule has 4 rings (SSSR count). The number of nitrogens with one attached hydrogen (secondary N) is 3. The van der Waals surface area contributed by atoms with Crippen molar-refractivity contribution in [2.75, 3.05) is 20.1 Å². The van der Waals surface area contributed by atoms with Gasteiger partial charge in [0.05, 0.1) is 6.04 Å². The number of fused-ring (bicyclic) bond motifs is 4. The molecule has 38 heavy (non-hydrogen) atoms. The molecule has 1 aliphatic carbocycles. The molecule has 3 saturated heterocycles. The van der Waals surface area contributed by atoms with E-state index in [0.717, 1.165) is 25.7 Å². The van der Waals surface area contributed by atoms with E-state index in [0.29, 0.717) is 25.9 Å². The van der Waals surface area contributed by atoms with Crippen LogP contribution in [0.5, 0.6) is 0 Å². The molecule has 3 N–H and O–H groups in total. The van der Waals surface area contributed by atoms with Crippen LogP contribution in [0.3, 0.4) is 0 Å². The second kappa shape index (κ2) is 10.8. The summed E-state index contributed by atoms with van der Waals surface area (Å²) in [5.41, 5.74) is -0.732. The van der Waals surface area contributed by atoms with Gasteiger partial charge >= 0.3 is 6.09 Å². The first kappa shape index (κ1) is 28.4. The van der Waals surface area contributed by atoms with Crippen LogP contribution >= 0.6 is 0 Å². The zero-order chi connectivity index (χ0) is 27.8. The maximum Gasteiger partial charge on any atom is 0.408 e. The predicted octanol–water partition coefficient (Wildman–Crippen LogP) is 2.26. The number of amides is 4. The number of hydrogen-bond donors (Lipinski definition) is 3. The molecule has 10 heteroatoms. The summed E-state index contributed by atoms with van der Waals surface area (Å²) in [6.45, 7) is 10.8. The zero-order valence-electron chi connectivity index (χ0n) is 23.7. The molecule has 0 bridgehead atoms. The predicted molar refractivity (Wildman–Crippen MR) is 143 cm³/mol. The number of ether oxygens (including phenoxy) is 1. The van der Waals surface area contributed by atoms with E-state index < -0.39 is 29.8 Å². The molecule has 212 valence electrons. The van der Waals surface area contributed by atoms with Gasteiger partial charge in [-0.2, -0.15) is 0 Å². The highest BCUT2D eigenvalue weighted by Crippen LogP contribution is 2.65. The third-order valence-corrected chi connectivity index (χ3v) is 8.95. The van der Waals surface area contributed by atoms with Crippen LogP contribution in [0.4, 0.5) is 4.79 Å². The number of aliphatic imine (C=N–C) groups is 1. The first-order valence-corrected chi connectivity index (χ1v) is 14.1. The molecule has 4 amide bonds. The molecule has 3 aliphatic heterocycles. The number of nitrogens with zero attached hydrogens (tertiary/aromatic N) is 2. The van der Waals surface area contributed by atoms with E-state index >= 15 is 0 Å². The summed E-state index contributed by atoms with van der Waals surface area (Å²) in [5.74, 6) is -0.161. The molecule has 7 atom stereocenters. The van der Waals surface area contributed by atoms with Gasteiger partial charge in [-0.15, -0.1) is 0 Å². The van der Waals surface area contributed by atoms with Crippen LogP contribution in [0, 0.1) is 29.1 Å². The summed E-state index contributed by atoms with van der Waals surface area (Å²) >= 11 is 0. The van der Waals surface area contributed by atoms with E-state index in [-0.39, 0.29) is 46.8 Å². The summed E-state index contributed by atoms with van der Waals surface area (Å²) in [5, 5.41) is 8.92. The lowest BCUT2D eigenvalue weighted by Gasteiger charge is -2.36. The van der Waals surface area contributed by atoms with Crippen molar-refractivity contribution in [3.05, 3.63) is 0 Å². The minimum atomic E-state index is -0.776. The summed E-state index contributed by atoms with van der Waals surface area (Å²) in [4.78, 5) is 59.1. The fourth-order valence-electron chi connectivity index (χ4n) is 6.93. The maximum atomic E-state index is 13.9. The fourth-order valence-corrected chi connectivity index (χ4v) is 6.93. The smallest absolute Gasteiger partial charge is 0.408 e. The van der Waals surface area contributed by atoms with Crippen molar-refractivity contribution in [1.29, 1.82) is 0 Å². The lowest BCUT2D eigenvalue weighted by atomic mass is 9.78. The number of carbonyl (C=O) groups is 4. The Morgan fingerprint density at radius 2 is 1.84 bits per heavy atom. The van der Waals surface area contributed by atoms with Crippen LogP contribution < -0.4 is 16.0 Å². The Hall–Kier alpha value is -2.65. The Balaban J connectivity index is 1.62. The lowest BCUT2D eigenvalue weighted by molar-refractivity contribution is -0.142. The Kier molecular flexibility index (Phi) is 8.09. The minimum absolute atomic E-state index is 0.0302. The van der Waals surface area contributed by atoms with E-state index in [4.69, 9.17) is 4.74 Å². The van der Waals surface area contributed by atoms with Gasteiger partial charge in [-0.3, -0.25) is 19.4 Å². The van der Waals surface area contributed by atoms with Gasteiger partial charge in [-0.1, -0.05) is 26.7 Å². The first-order chi connectivity index (χ1) is 17.8. The SMILES string of the molecule is CN=CC1CC2C(=O)NCC[C@@H]2CCCC[C@H](NC(=O)OC(C)(C)C)C(=O)N2C[C@H]3[C@@H]([C@H]2C(=O)N1)C3(C)C. The monoisotopic (exact) mass is 531 g/mol. The minimum Gasteiger partial charge on any atom is -0.444 e. The Labute approximate surface area is 226 Å². The third-order valence-electron chi connectivity index (χ3n) is 8.95. The van der Waals surface area contributed by atoms with Crippen LogP contribution in [0.25, 0.3) is 0 Å². The van der Waals surface area contributed by atoms with Gasteiger partial charge in [0.1, 0.15) is 17.7 Å². The molecule has 0 aromatic rings. The highest BCUT2D eigenvalue weighted by Gasteiger charge is 2.69. The second-order valence-electron chi connectivity index (χ2n) is 13.1. The number of rotatable bonds is 2. The Bertz CT molecular complexity index is 973. The normalized spacial score (nSPS) is 35.8. The number of alkyl carbamates (subject to hydrolysis) is 1. The average Bonchev–Trinajstić information content (AvgIpc) is 3.14. The van der Waals surface area contributed by atoms with Gasteiger partial charge in [-0.05, 0) is 69.6 Å². The standard InChI is InChI=1S/C28H45N5O5/c1-27(2,3)38-26(37)32-20-10-8-7-9-16-11-12-30-23(34)18(16)13-17(14-29-6)31-24(35)22-21-19(28(21,4)5)15-33(22)25(20)36/h14,16-22H,7-13,15H2,1-6H3,(H,30,34)(H,31,35)(H,32,37)/t16-,17?,18?,19-,20-,21-,22-/m0/s1. The van der Waals surface area contributed by atoms with Crippen molar-refractivity contribution in [1.82, 2.24) is 20.9 Å². The van der Waals surface area contributed by atoms with Crippen LogP contribution in [0.1, 0.15) is 73.1 Å². The van der Waals surface area contributed by atoms with Gasteiger partial charge in [0, 0.05) is 32.3 Å². The molecule has 4 fully saturated rings. The number of carbonyl (C=O) groups excluding carboxylic acids is 4. The topological polar surface area (TPSA) is 129 Å². The molecule has 4 aliphatic rings. The Morgan fingerprint density at radius 1 is 1.13 bits per heavy atom. The summed E-state index contributed by atoms with van der Waals surface area (Å²) in [7, 11) is 1.66. The van der Waals surface area contributed by atoms with Crippen molar-refractivity contribution >= 4 is 30.0 Å². The van der Waals surface area contributed by atoms with Crippen molar-refractivity contribution in [3.63, 3.8) is 0 Å². The molecular weight excluding hydrogens is 486 g/mol. The molecule has 0 aromatic heterocycles. The van der Waals surface area contributed by atoms with E-state index in [1.807, 2.05) is 0 Å². The van der Waals surface area contributed by atoms with Gasteiger partial charge in [0.15, 0.2) is 0 Å². The van der Waals surface area contributed by atoms with E-state index in [1.54, 1.807) is 38.9 Å². The van der Waals surface area contributed by atoms with Crippen molar-refractivity contribution in [2.24, 2.45) is 34.1 Å². The third kappa shape index (κ3) is 5.99. The molecule has 3 heterocycles. The van der Waals surface area contributed by atoms with Crippen molar-refractivity contribution in [3.8, 4) is 0 Å². The molecule has 2 unspecified atom stereocenters. The fraction of sp³-hybridized carbons (Fsp3) is 0.821. The second-order valence-corrected chi connectivity index (χ2v) is 13.1. The number of hydrogen-bond acceptors (Lipinski definition) is 6. The quantitative estimate of drug-likeness (QED) is 0.471. The summed E-state index contributed by atoms with van der Waals surface area (Å²) in [6, 6.07) is -1.81. The largest absolute Gasteiger partial charge is 0.444 e. The van der Waals surface area contributed by atoms with E-state index in [1.165, 1.54) is 0 Å². The summed E-state index contributed by atoms with van der Waals surface area (Å²) < 4.78 is 5.46. The average molecular weight is 532 g/mol. The molecule has 0 aromatic carbocycles. The molecular formula is C28H45N5O5. The van der Waals surface area contributed by atoms with Crippen LogP contribution in [-0.2, 0) is 19.1 Å². The van der Waals surface area contributed by atoms with Gasteiger partial charge in [-0.25, -0.2) is 4.79 Å². The molecule has 10 nitrogen and oxygen atoms in total. The molecule has 0 spiro atoms.